The van der Waals surface area contributed by atoms with Gasteiger partial charge in [-0.1, -0.05) is 12.1 Å². The molecule has 1 fully saturated rings. The Balaban J connectivity index is 1.48. The van der Waals surface area contributed by atoms with Crippen molar-refractivity contribution in [2.24, 2.45) is 5.92 Å². The lowest BCUT2D eigenvalue weighted by molar-refractivity contribution is -0.142. The Morgan fingerprint density at radius 2 is 1.91 bits per heavy atom. The van der Waals surface area contributed by atoms with E-state index in [0.717, 1.165) is 10.4 Å². The standard InChI is InChI=1S/C24H21N3O4S/c28-22(25-16-8-5-14(6-9-16)24(30)31)17-3-1-11-27-21(17)26-19-10-7-15(13-18(19)23(27)29)20-4-2-12-32-20/h1-4,7,10-14,16H,5-6,8-9H2,(H,25,28)(H,30,31). The number of carboxylic acids is 1. The number of rotatable bonds is 4. The highest BCUT2D eigenvalue weighted by Gasteiger charge is 2.27. The number of nitrogens with zero attached hydrogens (tertiary/aromatic N) is 2. The Morgan fingerprint density at radius 1 is 1.09 bits per heavy atom. The first-order valence-corrected chi connectivity index (χ1v) is 11.4. The van der Waals surface area contributed by atoms with E-state index in [4.69, 9.17) is 5.11 Å². The number of carbonyl (C=O) groups excluding carboxylic acids is 1. The second-order valence-electron chi connectivity index (χ2n) is 8.10. The smallest absolute Gasteiger partial charge is 0.306 e. The fourth-order valence-electron chi connectivity index (χ4n) is 4.35. The van der Waals surface area contributed by atoms with Gasteiger partial charge >= 0.3 is 5.97 Å². The van der Waals surface area contributed by atoms with E-state index in [1.807, 2.05) is 35.7 Å². The van der Waals surface area contributed by atoms with E-state index in [2.05, 4.69) is 10.3 Å². The van der Waals surface area contributed by atoms with E-state index >= 15 is 0 Å². The molecule has 0 aliphatic heterocycles. The zero-order valence-corrected chi connectivity index (χ0v) is 18.0. The molecule has 0 unspecified atom stereocenters. The van der Waals surface area contributed by atoms with E-state index in [9.17, 15) is 14.4 Å². The van der Waals surface area contributed by atoms with Crippen LogP contribution in [0.1, 0.15) is 36.0 Å². The van der Waals surface area contributed by atoms with Gasteiger partial charge in [0.05, 0.1) is 22.4 Å². The van der Waals surface area contributed by atoms with Crippen molar-refractivity contribution >= 4 is 39.8 Å². The number of hydrogen-bond donors (Lipinski definition) is 2. The molecule has 3 aromatic heterocycles. The molecule has 0 radical (unpaired) electrons. The molecule has 0 bridgehead atoms. The average molecular weight is 448 g/mol. The number of amides is 1. The Morgan fingerprint density at radius 3 is 2.62 bits per heavy atom. The maximum atomic E-state index is 13.2. The molecule has 1 aromatic carbocycles. The summed E-state index contributed by atoms with van der Waals surface area (Å²) >= 11 is 1.60. The van der Waals surface area contributed by atoms with Crippen LogP contribution in [0.4, 0.5) is 0 Å². The van der Waals surface area contributed by atoms with E-state index < -0.39 is 5.97 Å². The molecule has 1 aliphatic rings. The molecule has 7 nitrogen and oxygen atoms in total. The number of carboxylic acid groups (broad SMARTS) is 1. The highest BCUT2D eigenvalue weighted by Crippen LogP contribution is 2.27. The highest BCUT2D eigenvalue weighted by atomic mass is 32.1. The summed E-state index contributed by atoms with van der Waals surface area (Å²) in [5.74, 6) is -1.42. The van der Waals surface area contributed by atoms with Crippen LogP contribution >= 0.6 is 11.3 Å². The van der Waals surface area contributed by atoms with Crippen molar-refractivity contribution in [3.8, 4) is 10.4 Å². The highest BCUT2D eigenvalue weighted by molar-refractivity contribution is 7.13. The van der Waals surface area contributed by atoms with Crippen molar-refractivity contribution in [1.82, 2.24) is 14.7 Å². The Hall–Kier alpha value is -3.52. The van der Waals surface area contributed by atoms with Crippen molar-refractivity contribution in [2.45, 2.75) is 31.7 Å². The first-order valence-electron chi connectivity index (χ1n) is 10.5. The predicted molar refractivity (Wildman–Crippen MR) is 123 cm³/mol. The fraction of sp³-hybridized carbons (Fsp3) is 0.250. The number of benzene rings is 1. The summed E-state index contributed by atoms with van der Waals surface area (Å²) in [4.78, 5) is 43.1. The first kappa shape index (κ1) is 20.4. The lowest BCUT2D eigenvalue weighted by Crippen LogP contribution is -2.39. The number of fused-ring (bicyclic) bond motifs is 2. The minimum atomic E-state index is -0.776. The van der Waals surface area contributed by atoms with Gasteiger partial charge in [-0.3, -0.25) is 18.8 Å². The van der Waals surface area contributed by atoms with Crippen LogP contribution < -0.4 is 10.9 Å². The van der Waals surface area contributed by atoms with Crippen LogP contribution in [0.2, 0.25) is 0 Å². The third kappa shape index (κ3) is 3.67. The van der Waals surface area contributed by atoms with Gasteiger partial charge in [-0.25, -0.2) is 4.98 Å². The average Bonchev–Trinajstić information content (AvgIpc) is 3.34. The second-order valence-corrected chi connectivity index (χ2v) is 9.05. The van der Waals surface area contributed by atoms with E-state index in [0.29, 0.717) is 47.8 Å². The van der Waals surface area contributed by atoms with Gasteiger partial charge < -0.3 is 10.4 Å². The summed E-state index contributed by atoms with van der Waals surface area (Å²) in [6.45, 7) is 0. The molecule has 2 N–H and O–H groups in total. The molecule has 0 spiro atoms. The second kappa shape index (κ2) is 8.20. The zero-order chi connectivity index (χ0) is 22.2. The third-order valence-electron chi connectivity index (χ3n) is 6.10. The largest absolute Gasteiger partial charge is 0.481 e. The maximum Gasteiger partial charge on any atom is 0.306 e. The minimum absolute atomic E-state index is 0.0844. The van der Waals surface area contributed by atoms with Crippen LogP contribution in [0, 0.1) is 5.92 Å². The predicted octanol–water partition coefficient (Wildman–Crippen LogP) is 3.95. The molecule has 8 heteroatoms. The van der Waals surface area contributed by atoms with Gasteiger partial charge in [-0.05, 0) is 67.0 Å². The summed E-state index contributed by atoms with van der Waals surface area (Å²) in [7, 11) is 0. The van der Waals surface area contributed by atoms with Crippen molar-refractivity contribution in [3.63, 3.8) is 0 Å². The van der Waals surface area contributed by atoms with Crippen LogP contribution in [-0.4, -0.2) is 32.4 Å². The monoisotopic (exact) mass is 447 g/mol. The van der Waals surface area contributed by atoms with Crippen LogP contribution in [-0.2, 0) is 4.79 Å². The number of aliphatic carboxylic acids is 1. The third-order valence-corrected chi connectivity index (χ3v) is 7.02. The van der Waals surface area contributed by atoms with Crippen molar-refractivity contribution in [1.29, 1.82) is 0 Å². The molecule has 0 atom stereocenters. The van der Waals surface area contributed by atoms with E-state index in [1.165, 1.54) is 4.40 Å². The van der Waals surface area contributed by atoms with Crippen LogP contribution in [0.5, 0.6) is 0 Å². The zero-order valence-electron chi connectivity index (χ0n) is 17.2. The summed E-state index contributed by atoms with van der Waals surface area (Å²) < 4.78 is 1.41. The van der Waals surface area contributed by atoms with Gasteiger partial charge in [-0.15, -0.1) is 11.3 Å². The molecule has 3 heterocycles. The quantitative estimate of drug-likeness (QED) is 0.462. The van der Waals surface area contributed by atoms with Crippen LogP contribution in [0.15, 0.2) is 58.8 Å². The Labute approximate surface area is 187 Å². The molecular formula is C24H21N3O4S. The van der Waals surface area contributed by atoms with Crippen LogP contribution in [0.25, 0.3) is 27.0 Å². The van der Waals surface area contributed by atoms with Gasteiger partial charge in [0.1, 0.15) is 0 Å². The molecule has 162 valence electrons. The molecule has 5 rings (SSSR count). The van der Waals surface area contributed by atoms with Gasteiger partial charge in [-0.2, -0.15) is 0 Å². The molecular weight excluding hydrogens is 426 g/mol. The van der Waals surface area contributed by atoms with Crippen LogP contribution in [0.3, 0.4) is 0 Å². The number of nitrogens with one attached hydrogen (secondary N) is 1. The van der Waals surface area contributed by atoms with Crippen molar-refractivity contribution in [2.75, 3.05) is 0 Å². The fourth-order valence-corrected chi connectivity index (χ4v) is 5.07. The van der Waals surface area contributed by atoms with Crippen molar-refractivity contribution < 1.29 is 14.7 Å². The molecule has 4 aromatic rings. The van der Waals surface area contributed by atoms with Gasteiger partial charge in [0, 0.05) is 17.1 Å². The molecule has 1 saturated carbocycles. The summed E-state index contributed by atoms with van der Waals surface area (Å²) in [6.07, 6.45) is 3.96. The number of carbonyl (C=O) groups is 2. The van der Waals surface area contributed by atoms with Crippen molar-refractivity contribution in [3.05, 3.63) is 70.0 Å². The van der Waals surface area contributed by atoms with Gasteiger partial charge in [0.2, 0.25) is 0 Å². The lowest BCUT2D eigenvalue weighted by atomic mass is 9.86. The number of pyridine rings is 1. The maximum absolute atomic E-state index is 13.2. The van der Waals surface area contributed by atoms with Gasteiger partial charge in [0.25, 0.3) is 11.5 Å². The Bertz CT molecular complexity index is 1390. The lowest BCUT2D eigenvalue weighted by Gasteiger charge is -2.26. The summed E-state index contributed by atoms with van der Waals surface area (Å²) in [5.41, 5.74) is 1.91. The Kier molecular flexibility index (Phi) is 5.22. The van der Waals surface area contributed by atoms with E-state index in [1.54, 1.807) is 29.7 Å². The summed E-state index contributed by atoms with van der Waals surface area (Å²) in [6, 6.07) is 12.8. The minimum Gasteiger partial charge on any atom is -0.481 e. The molecule has 0 saturated heterocycles. The number of aromatic nitrogens is 2. The summed E-state index contributed by atoms with van der Waals surface area (Å²) in [5, 5.41) is 14.6. The topological polar surface area (TPSA) is 101 Å². The SMILES string of the molecule is O=C(NC1CCC(C(=O)O)CC1)c1cccn2c(=O)c3cc(-c4cccs4)ccc3nc12. The normalized spacial score (nSPS) is 18.6. The molecule has 1 aliphatic carbocycles. The number of hydrogen-bond acceptors (Lipinski definition) is 5. The van der Waals surface area contributed by atoms with Gasteiger partial charge in [0.15, 0.2) is 5.65 Å². The number of thiophene rings is 1. The van der Waals surface area contributed by atoms with E-state index in [-0.39, 0.29) is 23.4 Å². The molecule has 1 amide bonds. The molecule has 32 heavy (non-hydrogen) atoms. The first-order chi connectivity index (χ1) is 15.5.